The van der Waals surface area contributed by atoms with Crippen molar-refractivity contribution >= 4 is 5.91 Å². The van der Waals surface area contributed by atoms with Crippen molar-refractivity contribution in [2.45, 2.75) is 69.9 Å². The Kier molecular flexibility index (Phi) is 6.25. The van der Waals surface area contributed by atoms with Gasteiger partial charge < -0.3 is 9.64 Å². The summed E-state index contributed by atoms with van der Waals surface area (Å²) in [6.45, 7) is 4.92. The average Bonchev–Trinajstić information content (AvgIpc) is 3.49. The van der Waals surface area contributed by atoms with Crippen LogP contribution in [0.5, 0.6) is 0 Å². The number of likely N-dealkylation sites (tertiary alicyclic amines) is 2. The molecule has 1 unspecified atom stereocenters. The summed E-state index contributed by atoms with van der Waals surface area (Å²) in [5.74, 6) is 1.82. The minimum Gasteiger partial charge on any atom is -0.383 e. The second-order valence-corrected chi connectivity index (χ2v) is 8.72. The van der Waals surface area contributed by atoms with Gasteiger partial charge in [-0.3, -0.25) is 9.69 Å². The number of carbonyl (C=O) groups is 1. The third kappa shape index (κ3) is 3.94. The Hall–Kier alpha value is -1.54. The van der Waals surface area contributed by atoms with Crippen molar-refractivity contribution in [3.63, 3.8) is 0 Å². The van der Waals surface area contributed by atoms with Crippen molar-refractivity contribution in [1.29, 1.82) is 0 Å². The number of hydrogen-bond donors (Lipinski definition) is 0. The zero-order chi connectivity index (χ0) is 19.4. The van der Waals surface area contributed by atoms with Gasteiger partial charge in [-0.2, -0.15) is 0 Å². The van der Waals surface area contributed by atoms with E-state index in [9.17, 15) is 4.79 Å². The largest absolute Gasteiger partial charge is 0.383 e. The third-order valence-electron chi connectivity index (χ3n) is 6.93. The Bertz CT molecular complexity index is 653. The molecule has 1 saturated carbocycles. The minimum absolute atomic E-state index is 0.267. The van der Waals surface area contributed by atoms with Crippen LogP contribution in [-0.4, -0.2) is 75.8 Å². The number of carbonyl (C=O) groups excluding carboxylic acids is 1. The predicted molar refractivity (Wildman–Crippen MR) is 105 cm³/mol. The Morgan fingerprint density at radius 3 is 2.68 bits per heavy atom. The highest BCUT2D eigenvalue weighted by molar-refractivity contribution is 5.76. The molecule has 0 aromatic carbocycles. The van der Waals surface area contributed by atoms with Crippen molar-refractivity contribution < 1.29 is 9.53 Å². The maximum atomic E-state index is 13.1. The molecule has 4 rings (SSSR count). The first-order valence-corrected chi connectivity index (χ1v) is 11.0. The van der Waals surface area contributed by atoms with Crippen LogP contribution in [-0.2, 0) is 21.6 Å². The standard InChI is InChI=1S/C20H34N6O2/c1-28-14-13-26-19(21-22-23-26)20(25-11-4-5-12-25)9-6-10-24(16-20)18(27)15-17-7-2-3-8-17/h17H,2-16H2,1H3. The van der Waals surface area contributed by atoms with Crippen LogP contribution in [0.2, 0.25) is 0 Å². The maximum absolute atomic E-state index is 13.1. The van der Waals surface area contributed by atoms with Gasteiger partial charge in [-0.1, -0.05) is 12.8 Å². The molecule has 1 aromatic rings. The average molecular weight is 391 g/mol. The molecule has 0 spiro atoms. The number of methoxy groups -OCH3 is 1. The summed E-state index contributed by atoms with van der Waals surface area (Å²) < 4.78 is 7.15. The van der Waals surface area contributed by atoms with Crippen molar-refractivity contribution in [2.24, 2.45) is 5.92 Å². The highest BCUT2D eigenvalue weighted by Gasteiger charge is 2.48. The van der Waals surface area contributed by atoms with E-state index in [1.807, 2.05) is 4.68 Å². The number of aromatic nitrogens is 4. The van der Waals surface area contributed by atoms with Crippen LogP contribution in [0.4, 0.5) is 0 Å². The monoisotopic (exact) mass is 390 g/mol. The molecule has 1 amide bonds. The molecule has 3 aliphatic rings. The molecule has 0 N–H and O–H groups in total. The number of piperidine rings is 1. The van der Waals surface area contributed by atoms with Crippen LogP contribution in [0.15, 0.2) is 0 Å². The van der Waals surface area contributed by atoms with E-state index < -0.39 is 0 Å². The van der Waals surface area contributed by atoms with Crippen molar-refractivity contribution in [2.75, 3.05) is 39.9 Å². The van der Waals surface area contributed by atoms with Gasteiger partial charge >= 0.3 is 0 Å². The topological polar surface area (TPSA) is 76.4 Å². The first kappa shape index (κ1) is 19.8. The molecule has 2 saturated heterocycles. The Labute approximate surface area is 167 Å². The zero-order valence-corrected chi connectivity index (χ0v) is 17.2. The molecule has 28 heavy (non-hydrogen) atoms. The second kappa shape index (κ2) is 8.86. The van der Waals surface area contributed by atoms with Crippen LogP contribution in [0.25, 0.3) is 0 Å². The van der Waals surface area contributed by atoms with E-state index in [0.717, 1.165) is 38.3 Å². The van der Waals surface area contributed by atoms with E-state index >= 15 is 0 Å². The zero-order valence-electron chi connectivity index (χ0n) is 17.2. The predicted octanol–water partition coefficient (Wildman–Crippen LogP) is 1.81. The Morgan fingerprint density at radius 1 is 1.14 bits per heavy atom. The lowest BCUT2D eigenvalue weighted by Gasteiger charge is -2.47. The number of tetrazole rings is 1. The quantitative estimate of drug-likeness (QED) is 0.707. The summed E-state index contributed by atoms with van der Waals surface area (Å²) in [7, 11) is 1.70. The van der Waals surface area contributed by atoms with Gasteiger partial charge in [0.1, 0.15) is 5.54 Å². The lowest BCUT2D eigenvalue weighted by Crippen LogP contribution is -2.58. The fourth-order valence-electron chi connectivity index (χ4n) is 5.43. The summed E-state index contributed by atoms with van der Waals surface area (Å²) in [5.41, 5.74) is -0.267. The SMILES string of the molecule is COCCn1nnnc1C1(N2CCCC2)CCCN(C(=O)CC2CCCC2)C1. The van der Waals surface area contributed by atoms with Gasteiger partial charge in [0.2, 0.25) is 5.91 Å². The lowest BCUT2D eigenvalue weighted by molar-refractivity contribution is -0.137. The molecule has 1 atom stereocenters. The van der Waals surface area contributed by atoms with E-state index in [4.69, 9.17) is 4.74 Å². The Morgan fingerprint density at radius 2 is 1.93 bits per heavy atom. The molecular weight excluding hydrogens is 356 g/mol. The van der Waals surface area contributed by atoms with E-state index in [0.29, 0.717) is 37.9 Å². The molecular formula is C20H34N6O2. The van der Waals surface area contributed by atoms with E-state index in [2.05, 4.69) is 25.3 Å². The van der Waals surface area contributed by atoms with Crippen molar-refractivity contribution in [3.8, 4) is 0 Å². The van der Waals surface area contributed by atoms with Gasteiger partial charge in [0, 0.05) is 26.6 Å². The molecule has 0 bridgehead atoms. The van der Waals surface area contributed by atoms with Crippen molar-refractivity contribution in [1.82, 2.24) is 30.0 Å². The van der Waals surface area contributed by atoms with E-state index in [-0.39, 0.29) is 5.54 Å². The molecule has 1 aromatic heterocycles. The van der Waals surface area contributed by atoms with Gasteiger partial charge in [0.25, 0.3) is 0 Å². The first-order valence-electron chi connectivity index (χ1n) is 11.0. The third-order valence-corrected chi connectivity index (χ3v) is 6.93. The lowest BCUT2D eigenvalue weighted by atomic mass is 9.85. The Balaban J connectivity index is 1.57. The maximum Gasteiger partial charge on any atom is 0.222 e. The van der Waals surface area contributed by atoms with Gasteiger partial charge in [0.15, 0.2) is 5.82 Å². The summed E-state index contributed by atoms with van der Waals surface area (Å²) in [5, 5.41) is 12.7. The minimum atomic E-state index is -0.267. The van der Waals surface area contributed by atoms with Crippen LogP contribution in [0.1, 0.15) is 63.6 Å². The highest BCUT2D eigenvalue weighted by atomic mass is 16.5. The van der Waals surface area contributed by atoms with Gasteiger partial charge in [-0.05, 0) is 68.0 Å². The van der Waals surface area contributed by atoms with Crippen molar-refractivity contribution in [3.05, 3.63) is 5.82 Å². The number of amides is 1. The van der Waals surface area contributed by atoms with Crippen LogP contribution in [0.3, 0.4) is 0 Å². The molecule has 156 valence electrons. The summed E-state index contributed by atoms with van der Waals surface area (Å²) in [6.07, 6.45) is 10.1. The molecule has 8 nitrogen and oxygen atoms in total. The summed E-state index contributed by atoms with van der Waals surface area (Å²) in [4.78, 5) is 17.8. The van der Waals surface area contributed by atoms with Gasteiger partial charge in [0.05, 0.1) is 13.2 Å². The second-order valence-electron chi connectivity index (χ2n) is 8.72. The molecule has 2 aliphatic heterocycles. The molecule has 1 aliphatic carbocycles. The fraction of sp³-hybridized carbons (Fsp3) is 0.900. The molecule has 0 radical (unpaired) electrons. The first-order chi connectivity index (χ1) is 13.7. The fourth-order valence-corrected chi connectivity index (χ4v) is 5.43. The van der Waals surface area contributed by atoms with Crippen LogP contribution in [0, 0.1) is 5.92 Å². The van der Waals surface area contributed by atoms with Crippen LogP contribution >= 0.6 is 0 Å². The number of ether oxygens (including phenoxy) is 1. The highest BCUT2D eigenvalue weighted by Crippen LogP contribution is 2.39. The molecule has 3 heterocycles. The number of hydrogen-bond acceptors (Lipinski definition) is 6. The van der Waals surface area contributed by atoms with E-state index in [1.54, 1.807) is 7.11 Å². The van der Waals surface area contributed by atoms with Gasteiger partial charge in [-0.15, -0.1) is 5.10 Å². The number of nitrogens with zero attached hydrogens (tertiary/aromatic N) is 6. The molecule has 8 heteroatoms. The smallest absolute Gasteiger partial charge is 0.222 e. The summed E-state index contributed by atoms with van der Waals surface area (Å²) >= 11 is 0. The summed E-state index contributed by atoms with van der Waals surface area (Å²) in [6, 6.07) is 0. The molecule has 3 fully saturated rings. The van der Waals surface area contributed by atoms with Gasteiger partial charge in [-0.25, -0.2) is 4.68 Å². The van der Waals surface area contributed by atoms with Crippen LogP contribution < -0.4 is 0 Å². The number of rotatable bonds is 7. The van der Waals surface area contributed by atoms with E-state index in [1.165, 1.54) is 38.5 Å². The normalized spacial score (nSPS) is 27.0.